The van der Waals surface area contributed by atoms with E-state index >= 15 is 0 Å². The zero-order chi connectivity index (χ0) is 19.1. The first-order valence-electron chi connectivity index (χ1n) is 8.54. The first-order valence-corrected chi connectivity index (χ1v) is 10.9. The Morgan fingerprint density at radius 1 is 1.23 bits per heavy atom. The van der Waals surface area contributed by atoms with Gasteiger partial charge in [-0.15, -0.1) is 4.72 Å². The molecule has 3 atom stereocenters. The molecule has 0 fully saturated rings. The maximum Gasteiger partial charge on any atom is 0.157 e. The van der Waals surface area contributed by atoms with Gasteiger partial charge in [-0.05, 0) is 61.3 Å². The van der Waals surface area contributed by atoms with Gasteiger partial charge in [0.15, 0.2) is 5.60 Å². The minimum atomic E-state index is -1.21. The lowest BCUT2D eigenvalue weighted by atomic mass is 9.84. The third-order valence-corrected chi connectivity index (χ3v) is 7.82. The van der Waals surface area contributed by atoms with E-state index in [1.165, 1.54) is 0 Å². The van der Waals surface area contributed by atoms with E-state index in [1.54, 1.807) is 0 Å². The summed E-state index contributed by atoms with van der Waals surface area (Å²) in [7, 11) is 0. The van der Waals surface area contributed by atoms with E-state index in [-0.39, 0.29) is 10.8 Å². The maximum absolute atomic E-state index is 12.7. The highest BCUT2D eigenvalue weighted by Gasteiger charge is 2.49. The van der Waals surface area contributed by atoms with Gasteiger partial charge in [0.2, 0.25) is 0 Å². The summed E-state index contributed by atoms with van der Waals surface area (Å²) in [5.74, 6) is 0.806. The van der Waals surface area contributed by atoms with Crippen molar-refractivity contribution in [1.29, 1.82) is 0 Å². The molecule has 1 aliphatic heterocycles. The van der Waals surface area contributed by atoms with Crippen LogP contribution in [0.3, 0.4) is 0 Å². The van der Waals surface area contributed by atoms with Gasteiger partial charge in [-0.1, -0.05) is 41.9 Å². The van der Waals surface area contributed by atoms with Crippen LogP contribution in [0.15, 0.2) is 46.9 Å². The van der Waals surface area contributed by atoms with Crippen LogP contribution in [0.2, 0.25) is 5.02 Å². The van der Waals surface area contributed by atoms with E-state index < -0.39 is 17.0 Å². The fourth-order valence-corrected chi connectivity index (χ4v) is 4.65. The van der Waals surface area contributed by atoms with Gasteiger partial charge in [0.05, 0.1) is 11.1 Å². The van der Waals surface area contributed by atoms with Crippen LogP contribution in [0.5, 0.6) is 5.75 Å². The fourth-order valence-electron chi connectivity index (χ4n) is 3.14. The number of hydrogen-bond donors (Lipinski definition) is 1. The quantitative estimate of drug-likeness (QED) is 0.629. The molecule has 0 aromatic heterocycles. The van der Waals surface area contributed by atoms with Gasteiger partial charge in [-0.3, -0.25) is 0 Å². The highest BCUT2D eigenvalue weighted by Crippen LogP contribution is 2.48. The van der Waals surface area contributed by atoms with Crippen molar-refractivity contribution in [1.82, 2.24) is 4.72 Å². The molecule has 0 spiro atoms. The molecule has 3 unspecified atom stereocenters. The van der Waals surface area contributed by atoms with Crippen LogP contribution in [0, 0.1) is 0 Å². The van der Waals surface area contributed by atoms with E-state index in [2.05, 4.69) is 32.8 Å². The Balaban J connectivity index is 2.02. The molecule has 1 heterocycles. The summed E-state index contributed by atoms with van der Waals surface area (Å²) in [6, 6.07) is 13.6. The predicted molar refractivity (Wildman–Crippen MR) is 112 cm³/mol. The lowest BCUT2D eigenvalue weighted by Gasteiger charge is -2.37. The van der Waals surface area contributed by atoms with Crippen molar-refractivity contribution in [3.8, 4) is 5.75 Å². The molecular formula is C20H23BrClNO2S. The largest absolute Gasteiger partial charge is 0.598 e. The molecule has 140 valence electrons. The van der Waals surface area contributed by atoms with Crippen LogP contribution in [0.25, 0.3) is 0 Å². The Morgan fingerprint density at radius 3 is 2.50 bits per heavy atom. The maximum atomic E-state index is 12.7. The van der Waals surface area contributed by atoms with Crippen molar-refractivity contribution in [2.45, 2.75) is 50.5 Å². The SMILES string of the molecule is CC(N[S+]([O-])C(C)(C)C)C1(c2ccccc2)Cc2c(ccc(Cl)c2Br)O1. The number of halogens is 2. The number of ether oxygens (including phenoxy) is 1. The first kappa shape index (κ1) is 20.0. The average Bonchev–Trinajstić information content (AvgIpc) is 3.00. The number of benzene rings is 2. The summed E-state index contributed by atoms with van der Waals surface area (Å²) >= 11 is 8.68. The van der Waals surface area contributed by atoms with E-state index in [1.807, 2.05) is 58.0 Å². The van der Waals surface area contributed by atoms with E-state index in [0.29, 0.717) is 11.4 Å². The topological polar surface area (TPSA) is 44.3 Å². The lowest BCUT2D eigenvalue weighted by Crippen LogP contribution is -2.54. The monoisotopic (exact) mass is 455 g/mol. The molecule has 2 aromatic carbocycles. The van der Waals surface area contributed by atoms with Crippen LogP contribution in [0.1, 0.15) is 38.8 Å². The molecule has 2 aromatic rings. The van der Waals surface area contributed by atoms with Crippen molar-refractivity contribution >= 4 is 38.9 Å². The van der Waals surface area contributed by atoms with E-state index in [9.17, 15) is 4.55 Å². The number of hydrogen-bond acceptors (Lipinski definition) is 3. The molecule has 3 nitrogen and oxygen atoms in total. The van der Waals surface area contributed by atoms with Gasteiger partial charge in [-0.25, -0.2) is 0 Å². The number of rotatable bonds is 4. The third-order valence-electron chi connectivity index (χ3n) is 4.69. The zero-order valence-corrected chi connectivity index (χ0v) is 18.5. The predicted octanol–water partition coefficient (Wildman–Crippen LogP) is 5.37. The average molecular weight is 457 g/mol. The van der Waals surface area contributed by atoms with Gasteiger partial charge in [0.25, 0.3) is 0 Å². The molecule has 1 aliphatic rings. The summed E-state index contributed by atoms with van der Waals surface area (Å²) in [5.41, 5.74) is 1.43. The van der Waals surface area contributed by atoms with Gasteiger partial charge in [-0.2, -0.15) is 0 Å². The Bertz CT molecular complexity index is 796. The van der Waals surface area contributed by atoms with Crippen molar-refractivity contribution in [3.05, 3.63) is 63.1 Å². The Kier molecular flexibility index (Phi) is 5.67. The van der Waals surface area contributed by atoms with Crippen LogP contribution in [0.4, 0.5) is 0 Å². The van der Waals surface area contributed by atoms with Crippen molar-refractivity contribution in [2.75, 3.05) is 0 Å². The number of nitrogens with one attached hydrogen (secondary N) is 1. The van der Waals surface area contributed by atoms with Gasteiger partial charge >= 0.3 is 0 Å². The molecule has 6 heteroatoms. The van der Waals surface area contributed by atoms with E-state index in [4.69, 9.17) is 16.3 Å². The summed E-state index contributed by atoms with van der Waals surface area (Å²) in [4.78, 5) is 0. The van der Waals surface area contributed by atoms with Crippen molar-refractivity contribution in [2.24, 2.45) is 0 Å². The highest BCUT2D eigenvalue weighted by atomic mass is 79.9. The summed E-state index contributed by atoms with van der Waals surface area (Å²) in [5, 5.41) is 0.662. The summed E-state index contributed by atoms with van der Waals surface area (Å²) in [6.07, 6.45) is 0.642. The normalized spacial score (nSPS) is 21.8. The summed E-state index contributed by atoms with van der Waals surface area (Å²) in [6.45, 7) is 7.90. The highest BCUT2D eigenvalue weighted by molar-refractivity contribution is 9.10. The molecule has 3 rings (SSSR count). The van der Waals surface area contributed by atoms with Gasteiger partial charge < -0.3 is 9.29 Å². The van der Waals surface area contributed by atoms with Gasteiger partial charge in [0, 0.05) is 27.8 Å². The molecule has 0 radical (unpaired) electrons. The van der Waals surface area contributed by atoms with Crippen LogP contribution in [-0.2, 0) is 23.4 Å². The lowest BCUT2D eigenvalue weighted by molar-refractivity contribution is 0.0621. The van der Waals surface area contributed by atoms with Crippen LogP contribution >= 0.6 is 27.5 Å². The van der Waals surface area contributed by atoms with Crippen LogP contribution < -0.4 is 9.46 Å². The van der Waals surface area contributed by atoms with Crippen molar-refractivity contribution in [3.63, 3.8) is 0 Å². The molecule has 26 heavy (non-hydrogen) atoms. The first-order chi connectivity index (χ1) is 12.1. The molecule has 0 aliphatic carbocycles. The van der Waals surface area contributed by atoms with E-state index in [0.717, 1.165) is 21.3 Å². The standard InChI is InChI=1S/C20H23BrClNO2S/c1-13(23-26(24)19(2,3)4)20(14-8-6-5-7-9-14)12-15-17(25-20)11-10-16(22)18(15)21/h5-11,13,23H,12H2,1-4H3. The Labute approximate surface area is 171 Å². The molecule has 0 bridgehead atoms. The molecule has 0 amide bonds. The minimum absolute atomic E-state index is 0.178. The molecule has 0 saturated carbocycles. The molecular weight excluding hydrogens is 434 g/mol. The van der Waals surface area contributed by atoms with Crippen LogP contribution in [-0.4, -0.2) is 15.3 Å². The smallest absolute Gasteiger partial charge is 0.157 e. The summed E-state index contributed by atoms with van der Waals surface area (Å²) < 4.78 is 23.0. The van der Waals surface area contributed by atoms with Crippen molar-refractivity contribution < 1.29 is 9.29 Å². The second kappa shape index (κ2) is 7.36. The van der Waals surface area contributed by atoms with Gasteiger partial charge in [0.1, 0.15) is 10.5 Å². The zero-order valence-electron chi connectivity index (χ0n) is 15.3. The second-order valence-corrected chi connectivity index (χ2v) is 10.8. The second-order valence-electron chi connectivity index (χ2n) is 7.59. The number of fused-ring (bicyclic) bond motifs is 1. The Morgan fingerprint density at radius 2 is 1.88 bits per heavy atom. The molecule has 1 N–H and O–H groups in total. The molecule has 0 saturated heterocycles. The minimum Gasteiger partial charge on any atom is -0.598 e. The third kappa shape index (κ3) is 3.65. The Hall–Kier alpha value is -0.720. The fraction of sp³-hybridized carbons (Fsp3) is 0.400.